The summed E-state index contributed by atoms with van der Waals surface area (Å²) in [5.41, 5.74) is 3.37. The highest BCUT2D eigenvalue weighted by atomic mass is 14.9. The molecule has 1 heterocycles. The van der Waals surface area contributed by atoms with Gasteiger partial charge in [0, 0.05) is 17.1 Å². The first-order valence-corrected chi connectivity index (χ1v) is 9.29. The molecule has 0 amide bonds. The van der Waals surface area contributed by atoms with Crippen LogP contribution in [0.5, 0.6) is 0 Å². The van der Waals surface area contributed by atoms with Crippen LogP contribution in [0, 0.1) is 17.3 Å². The lowest BCUT2D eigenvalue weighted by atomic mass is 9.68. The topological polar surface area (TPSA) is 12.0 Å². The van der Waals surface area contributed by atoms with E-state index in [2.05, 4.69) is 62.5 Å². The van der Waals surface area contributed by atoms with Crippen LogP contribution in [0.25, 0.3) is 10.8 Å². The standard InChI is InChI=1S/C22H29N/c1-22(2,3)18-12-10-15(11-13-18)20-14-17-8-4-6-16-7-5-9-19(23-20)21(16)17/h4-9,15,18,20,23H,10-14H2,1-3H3. The molecule has 0 bridgehead atoms. The molecule has 1 heteroatoms. The van der Waals surface area contributed by atoms with Crippen molar-refractivity contribution in [2.24, 2.45) is 17.3 Å². The molecule has 2 aliphatic rings. The molecule has 0 radical (unpaired) electrons. The summed E-state index contributed by atoms with van der Waals surface area (Å²) in [6.07, 6.45) is 6.77. The Balaban J connectivity index is 1.53. The fourth-order valence-electron chi connectivity index (χ4n) is 4.87. The third-order valence-electron chi connectivity index (χ3n) is 6.34. The second-order valence-corrected chi connectivity index (χ2v) is 8.75. The van der Waals surface area contributed by atoms with Crippen LogP contribution in [-0.2, 0) is 6.42 Å². The van der Waals surface area contributed by atoms with Crippen molar-refractivity contribution in [3.63, 3.8) is 0 Å². The van der Waals surface area contributed by atoms with Gasteiger partial charge in [-0.1, -0.05) is 51.1 Å². The summed E-state index contributed by atoms with van der Waals surface area (Å²) >= 11 is 0. The van der Waals surface area contributed by atoms with Crippen LogP contribution in [0.15, 0.2) is 36.4 Å². The van der Waals surface area contributed by atoms with Crippen LogP contribution >= 0.6 is 0 Å². The van der Waals surface area contributed by atoms with Crippen LogP contribution in [0.3, 0.4) is 0 Å². The third-order valence-corrected chi connectivity index (χ3v) is 6.34. The molecular weight excluding hydrogens is 278 g/mol. The van der Waals surface area contributed by atoms with Gasteiger partial charge in [-0.25, -0.2) is 0 Å². The normalized spacial score (nSPS) is 27.7. The minimum Gasteiger partial charge on any atom is -0.381 e. The maximum Gasteiger partial charge on any atom is 0.0425 e. The summed E-state index contributed by atoms with van der Waals surface area (Å²) < 4.78 is 0. The van der Waals surface area contributed by atoms with Crippen molar-refractivity contribution in [3.05, 3.63) is 42.0 Å². The lowest BCUT2D eigenvalue weighted by Crippen LogP contribution is -2.37. The molecule has 23 heavy (non-hydrogen) atoms. The Morgan fingerprint density at radius 1 is 0.913 bits per heavy atom. The van der Waals surface area contributed by atoms with Gasteiger partial charge < -0.3 is 5.32 Å². The van der Waals surface area contributed by atoms with Gasteiger partial charge in [-0.05, 0) is 66.4 Å². The summed E-state index contributed by atoms with van der Waals surface area (Å²) in [6.45, 7) is 7.23. The van der Waals surface area contributed by atoms with Crippen molar-refractivity contribution in [1.29, 1.82) is 0 Å². The molecule has 1 fully saturated rings. The van der Waals surface area contributed by atoms with Gasteiger partial charge in [0.2, 0.25) is 0 Å². The van der Waals surface area contributed by atoms with E-state index in [9.17, 15) is 0 Å². The number of anilines is 1. The molecule has 1 atom stereocenters. The first kappa shape index (κ1) is 15.1. The quantitative estimate of drug-likeness (QED) is 0.678. The van der Waals surface area contributed by atoms with E-state index in [1.165, 1.54) is 48.6 Å². The Kier molecular flexibility index (Phi) is 3.63. The molecule has 1 saturated carbocycles. The smallest absolute Gasteiger partial charge is 0.0425 e. The Hall–Kier alpha value is -1.50. The second kappa shape index (κ2) is 5.54. The molecule has 4 rings (SSSR count). The van der Waals surface area contributed by atoms with E-state index in [1.807, 2.05) is 0 Å². The highest BCUT2D eigenvalue weighted by Crippen LogP contribution is 2.43. The summed E-state index contributed by atoms with van der Waals surface area (Å²) in [7, 11) is 0. The van der Waals surface area contributed by atoms with E-state index in [-0.39, 0.29) is 0 Å². The predicted octanol–water partition coefficient (Wildman–Crippen LogP) is 6.03. The van der Waals surface area contributed by atoms with Crippen LogP contribution < -0.4 is 5.32 Å². The molecule has 1 N–H and O–H groups in total. The number of nitrogens with one attached hydrogen (secondary N) is 1. The zero-order valence-corrected chi connectivity index (χ0v) is 14.7. The van der Waals surface area contributed by atoms with Gasteiger partial charge in [-0.15, -0.1) is 0 Å². The van der Waals surface area contributed by atoms with Crippen molar-refractivity contribution < 1.29 is 0 Å². The van der Waals surface area contributed by atoms with Crippen LogP contribution in [0.2, 0.25) is 0 Å². The molecule has 2 aromatic rings. The lowest BCUT2D eigenvalue weighted by Gasteiger charge is -2.41. The average Bonchev–Trinajstić information content (AvgIpc) is 2.55. The van der Waals surface area contributed by atoms with Gasteiger partial charge in [-0.2, -0.15) is 0 Å². The van der Waals surface area contributed by atoms with Gasteiger partial charge in [0.1, 0.15) is 0 Å². The minimum absolute atomic E-state index is 0.475. The van der Waals surface area contributed by atoms with Crippen molar-refractivity contribution in [2.75, 3.05) is 5.32 Å². The van der Waals surface area contributed by atoms with E-state index in [0.717, 1.165) is 11.8 Å². The SMILES string of the molecule is CC(C)(C)C1CCC(C2Cc3cccc4cccc(c34)N2)CC1. The Bertz CT molecular complexity index is 661. The van der Waals surface area contributed by atoms with Crippen molar-refractivity contribution in [1.82, 2.24) is 0 Å². The number of hydrogen-bond donors (Lipinski definition) is 1. The Labute approximate surface area is 140 Å². The molecule has 0 saturated heterocycles. The van der Waals surface area contributed by atoms with E-state index in [4.69, 9.17) is 0 Å². The van der Waals surface area contributed by atoms with E-state index in [1.54, 1.807) is 5.56 Å². The zero-order chi connectivity index (χ0) is 16.0. The summed E-state index contributed by atoms with van der Waals surface area (Å²) in [5.74, 6) is 1.73. The molecule has 2 aromatic carbocycles. The number of rotatable bonds is 1. The molecule has 1 aliphatic carbocycles. The van der Waals surface area contributed by atoms with Crippen molar-refractivity contribution in [2.45, 2.75) is 58.9 Å². The van der Waals surface area contributed by atoms with E-state index >= 15 is 0 Å². The summed E-state index contributed by atoms with van der Waals surface area (Å²) in [6, 6.07) is 14.1. The molecular formula is C22H29N. The lowest BCUT2D eigenvalue weighted by molar-refractivity contribution is 0.142. The summed E-state index contributed by atoms with van der Waals surface area (Å²) in [5, 5.41) is 6.72. The average molecular weight is 307 g/mol. The van der Waals surface area contributed by atoms with Gasteiger partial charge in [0.25, 0.3) is 0 Å². The number of benzene rings is 2. The van der Waals surface area contributed by atoms with Crippen molar-refractivity contribution in [3.8, 4) is 0 Å². The molecule has 122 valence electrons. The van der Waals surface area contributed by atoms with E-state index in [0.29, 0.717) is 11.5 Å². The maximum absolute atomic E-state index is 3.88. The largest absolute Gasteiger partial charge is 0.381 e. The summed E-state index contributed by atoms with van der Waals surface area (Å²) in [4.78, 5) is 0. The Morgan fingerprint density at radius 3 is 2.30 bits per heavy atom. The first-order chi connectivity index (χ1) is 11.0. The van der Waals surface area contributed by atoms with Gasteiger partial charge in [0.05, 0.1) is 0 Å². The van der Waals surface area contributed by atoms with Crippen LogP contribution in [0.4, 0.5) is 5.69 Å². The zero-order valence-electron chi connectivity index (χ0n) is 14.7. The van der Waals surface area contributed by atoms with Crippen LogP contribution in [0.1, 0.15) is 52.0 Å². The van der Waals surface area contributed by atoms with Gasteiger partial charge >= 0.3 is 0 Å². The second-order valence-electron chi connectivity index (χ2n) is 8.75. The predicted molar refractivity (Wildman–Crippen MR) is 100.0 cm³/mol. The number of hydrogen-bond acceptors (Lipinski definition) is 1. The van der Waals surface area contributed by atoms with Gasteiger partial charge in [-0.3, -0.25) is 0 Å². The minimum atomic E-state index is 0.475. The fourth-order valence-corrected chi connectivity index (χ4v) is 4.87. The Morgan fingerprint density at radius 2 is 1.61 bits per heavy atom. The molecule has 1 nitrogen and oxygen atoms in total. The molecule has 0 aromatic heterocycles. The molecule has 1 unspecified atom stereocenters. The van der Waals surface area contributed by atoms with E-state index < -0.39 is 0 Å². The first-order valence-electron chi connectivity index (χ1n) is 9.29. The van der Waals surface area contributed by atoms with Crippen molar-refractivity contribution >= 4 is 16.5 Å². The third kappa shape index (κ3) is 2.75. The van der Waals surface area contributed by atoms with Crippen LogP contribution in [-0.4, -0.2) is 6.04 Å². The molecule has 1 aliphatic heterocycles. The maximum atomic E-state index is 3.88. The highest BCUT2D eigenvalue weighted by Gasteiger charge is 2.34. The fraction of sp³-hybridized carbons (Fsp3) is 0.545. The molecule has 0 spiro atoms. The van der Waals surface area contributed by atoms with Gasteiger partial charge in [0.15, 0.2) is 0 Å². The monoisotopic (exact) mass is 307 g/mol. The highest BCUT2D eigenvalue weighted by molar-refractivity contribution is 5.97.